The molecule has 8 nitrogen and oxygen atoms in total. The van der Waals surface area contributed by atoms with Crippen molar-refractivity contribution in [3.05, 3.63) is 63.3 Å². The zero-order valence-corrected chi connectivity index (χ0v) is 18.3. The fourth-order valence-electron chi connectivity index (χ4n) is 4.95. The second kappa shape index (κ2) is 7.27. The number of fused-ring (bicyclic) bond motifs is 1. The smallest absolute Gasteiger partial charge is 0.254 e. The van der Waals surface area contributed by atoms with Crippen LogP contribution in [0.15, 0.2) is 35.1 Å². The minimum Gasteiger partial charge on any atom is -0.332 e. The summed E-state index contributed by atoms with van der Waals surface area (Å²) in [6, 6.07) is 9.59. The molecule has 1 aromatic heterocycles. The molecule has 1 saturated carbocycles. The lowest BCUT2D eigenvalue weighted by Crippen LogP contribution is -2.41. The number of benzene rings is 1. The highest BCUT2D eigenvalue weighted by atomic mass is 32.2. The van der Waals surface area contributed by atoms with Gasteiger partial charge in [0.1, 0.15) is 5.82 Å². The third-order valence-electron chi connectivity index (χ3n) is 6.84. The number of rotatable bonds is 4. The predicted octanol–water partition coefficient (Wildman–Crippen LogP) is 1.48. The molecule has 1 amide bonds. The van der Waals surface area contributed by atoms with Crippen LogP contribution in [0.5, 0.6) is 0 Å². The molecule has 3 aliphatic rings. The van der Waals surface area contributed by atoms with Crippen molar-refractivity contribution >= 4 is 15.9 Å². The molecule has 0 radical (unpaired) electrons. The quantitative estimate of drug-likeness (QED) is 0.773. The molecule has 5 rings (SSSR count). The zero-order chi connectivity index (χ0) is 21.8. The number of sulfonamides is 1. The lowest BCUT2D eigenvalue weighted by molar-refractivity contribution is -0.135. The number of aromatic amines is 1. The van der Waals surface area contributed by atoms with Gasteiger partial charge in [-0.15, -0.1) is 0 Å². The van der Waals surface area contributed by atoms with E-state index in [1.807, 2.05) is 35.2 Å². The van der Waals surface area contributed by atoms with Crippen molar-refractivity contribution in [2.75, 3.05) is 19.3 Å². The highest BCUT2D eigenvalue weighted by molar-refractivity contribution is 7.88. The highest BCUT2D eigenvalue weighted by Gasteiger charge is 2.54. The van der Waals surface area contributed by atoms with E-state index in [4.69, 9.17) is 0 Å². The molecule has 2 fully saturated rings. The van der Waals surface area contributed by atoms with Crippen LogP contribution in [0.3, 0.4) is 0 Å². The number of hydrogen-bond acceptors (Lipinski definition) is 5. The van der Waals surface area contributed by atoms with Crippen molar-refractivity contribution < 1.29 is 13.2 Å². The Kier molecular flexibility index (Phi) is 4.78. The molecule has 1 atom stereocenters. The van der Waals surface area contributed by atoms with E-state index in [0.717, 1.165) is 31.2 Å². The molecule has 164 valence electrons. The second-order valence-corrected chi connectivity index (χ2v) is 10.8. The first-order chi connectivity index (χ1) is 14.8. The average Bonchev–Trinajstić information content (AvgIpc) is 3.42. The van der Waals surface area contributed by atoms with Gasteiger partial charge in [-0.1, -0.05) is 30.3 Å². The summed E-state index contributed by atoms with van der Waals surface area (Å²) in [6.45, 7) is 1.01. The Morgan fingerprint density at radius 2 is 1.94 bits per heavy atom. The number of nitrogens with one attached hydrogen (secondary N) is 1. The van der Waals surface area contributed by atoms with Gasteiger partial charge in [0.15, 0.2) is 0 Å². The van der Waals surface area contributed by atoms with Gasteiger partial charge in [0, 0.05) is 18.7 Å². The van der Waals surface area contributed by atoms with Crippen molar-refractivity contribution in [3.63, 3.8) is 0 Å². The number of likely N-dealkylation sites (tertiary alicyclic amines) is 1. The van der Waals surface area contributed by atoms with Crippen LogP contribution in [-0.4, -0.2) is 52.8 Å². The lowest BCUT2D eigenvalue weighted by Gasteiger charge is -2.30. The van der Waals surface area contributed by atoms with Gasteiger partial charge in [0.05, 0.1) is 30.0 Å². The number of H-pyrrole nitrogens is 1. The van der Waals surface area contributed by atoms with Crippen LogP contribution in [0.1, 0.15) is 54.4 Å². The van der Waals surface area contributed by atoms with E-state index in [0.29, 0.717) is 30.0 Å². The fraction of sp³-hybridized carbons (Fsp3) is 0.500. The molecule has 0 bridgehead atoms. The van der Waals surface area contributed by atoms with E-state index < -0.39 is 15.4 Å². The van der Waals surface area contributed by atoms with Crippen LogP contribution >= 0.6 is 0 Å². The Balaban J connectivity index is 1.46. The Labute approximate surface area is 181 Å². The lowest BCUT2D eigenvalue weighted by atomic mass is 9.94. The Bertz CT molecular complexity index is 1190. The maximum atomic E-state index is 13.6. The maximum Gasteiger partial charge on any atom is 0.254 e. The van der Waals surface area contributed by atoms with Crippen LogP contribution in [0.25, 0.3) is 0 Å². The summed E-state index contributed by atoms with van der Waals surface area (Å²) in [4.78, 5) is 35.8. The van der Waals surface area contributed by atoms with Crippen molar-refractivity contribution in [3.8, 4) is 0 Å². The van der Waals surface area contributed by atoms with E-state index in [1.165, 1.54) is 10.6 Å². The van der Waals surface area contributed by atoms with Crippen LogP contribution in [0, 0.1) is 0 Å². The van der Waals surface area contributed by atoms with Crippen molar-refractivity contribution in [2.45, 2.75) is 50.1 Å². The number of carbonyl (C=O) groups excluding carboxylic acids is 1. The molecule has 31 heavy (non-hydrogen) atoms. The monoisotopic (exact) mass is 442 g/mol. The summed E-state index contributed by atoms with van der Waals surface area (Å²) in [6.07, 6.45) is 4.75. The minimum absolute atomic E-state index is 0.0966. The molecule has 0 spiro atoms. The maximum absolute atomic E-state index is 13.6. The highest BCUT2D eigenvalue weighted by Crippen LogP contribution is 2.51. The molecule has 1 saturated heterocycles. The third kappa shape index (κ3) is 3.49. The third-order valence-corrected chi connectivity index (χ3v) is 8.09. The molecule has 0 unspecified atom stereocenters. The molecule has 2 aromatic rings. The van der Waals surface area contributed by atoms with Gasteiger partial charge in [0.25, 0.3) is 5.56 Å². The van der Waals surface area contributed by atoms with Crippen LogP contribution in [0.4, 0.5) is 0 Å². The average molecular weight is 443 g/mol. The topological polar surface area (TPSA) is 103 Å². The number of hydrogen-bond donors (Lipinski definition) is 1. The molecule has 9 heteroatoms. The van der Waals surface area contributed by atoms with Gasteiger partial charge >= 0.3 is 0 Å². The van der Waals surface area contributed by atoms with E-state index in [9.17, 15) is 18.0 Å². The van der Waals surface area contributed by atoms with Gasteiger partial charge in [-0.2, -0.15) is 4.31 Å². The Hall–Kier alpha value is -2.52. The molecule has 2 aliphatic heterocycles. The molecule has 1 aromatic carbocycles. The fourth-order valence-corrected chi connectivity index (χ4v) is 5.73. The summed E-state index contributed by atoms with van der Waals surface area (Å²) < 4.78 is 25.3. The van der Waals surface area contributed by atoms with Gasteiger partial charge in [-0.05, 0) is 37.7 Å². The summed E-state index contributed by atoms with van der Waals surface area (Å²) in [7, 11) is -3.36. The van der Waals surface area contributed by atoms with Crippen LogP contribution in [0.2, 0.25) is 0 Å². The standard InChI is InChI=1S/C22H26N4O4S/c1-31(29,30)25-13-9-16-17(14-25)23-19(24-20(16)27)18-8-5-12-26(18)21(28)22(10-11-22)15-6-3-2-4-7-15/h2-4,6-7,18H,5,8-14H2,1H3,(H,23,24,27)/t18-/m0/s1. The van der Waals surface area contributed by atoms with Gasteiger partial charge < -0.3 is 9.88 Å². The van der Waals surface area contributed by atoms with E-state index >= 15 is 0 Å². The summed E-state index contributed by atoms with van der Waals surface area (Å²) in [5.41, 5.74) is 1.39. The summed E-state index contributed by atoms with van der Waals surface area (Å²) in [5, 5.41) is 0. The molecule has 1 aliphatic carbocycles. The Morgan fingerprint density at radius 3 is 2.61 bits per heavy atom. The molecular weight excluding hydrogens is 416 g/mol. The minimum atomic E-state index is -3.36. The van der Waals surface area contributed by atoms with Crippen LogP contribution < -0.4 is 5.56 Å². The second-order valence-electron chi connectivity index (χ2n) is 8.83. The SMILES string of the molecule is CS(=O)(=O)N1CCc2c(nc([C@@H]3CCCN3C(=O)C3(c4ccccc4)CC3)[nH]c2=O)C1. The first-order valence-electron chi connectivity index (χ1n) is 10.7. The first-order valence-corrected chi connectivity index (χ1v) is 12.6. The van der Waals surface area contributed by atoms with Gasteiger partial charge in [0.2, 0.25) is 15.9 Å². The van der Waals surface area contributed by atoms with E-state index in [2.05, 4.69) is 9.97 Å². The first kappa shape index (κ1) is 20.4. The molecular formula is C22H26N4O4S. The van der Waals surface area contributed by atoms with Gasteiger partial charge in [-0.3, -0.25) is 9.59 Å². The summed E-state index contributed by atoms with van der Waals surface area (Å²) >= 11 is 0. The van der Waals surface area contributed by atoms with Gasteiger partial charge in [-0.25, -0.2) is 13.4 Å². The van der Waals surface area contributed by atoms with Crippen molar-refractivity contribution in [2.24, 2.45) is 0 Å². The number of carbonyl (C=O) groups is 1. The van der Waals surface area contributed by atoms with Crippen molar-refractivity contribution in [1.29, 1.82) is 0 Å². The largest absolute Gasteiger partial charge is 0.332 e. The number of amides is 1. The normalized spacial score (nSPS) is 22.9. The summed E-state index contributed by atoms with van der Waals surface area (Å²) in [5.74, 6) is 0.563. The Morgan fingerprint density at radius 1 is 1.19 bits per heavy atom. The number of nitrogens with zero attached hydrogens (tertiary/aromatic N) is 3. The van der Waals surface area contributed by atoms with Crippen LogP contribution in [-0.2, 0) is 33.2 Å². The zero-order valence-electron chi connectivity index (χ0n) is 17.5. The van der Waals surface area contributed by atoms with Crippen molar-refractivity contribution in [1.82, 2.24) is 19.2 Å². The molecule has 1 N–H and O–H groups in total. The number of aromatic nitrogens is 2. The van der Waals surface area contributed by atoms with E-state index in [-0.39, 0.29) is 30.6 Å². The van der Waals surface area contributed by atoms with E-state index in [1.54, 1.807) is 0 Å². The predicted molar refractivity (Wildman–Crippen MR) is 115 cm³/mol. The molecule has 3 heterocycles.